The molecule has 2 rings (SSSR count). The van der Waals surface area contributed by atoms with E-state index in [1.807, 2.05) is 20.8 Å². The summed E-state index contributed by atoms with van der Waals surface area (Å²) in [7, 11) is 0. The smallest absolute Gasteiger partial charge is 0.429 e. The molecule has 1 unspecified atom stereocenters. The molecule has 0 spiro atoms. The highest BCUT2D eigenvalue weighted by Crippen LogP contribution is 2.41. The van der Waals surface area contributed by atoms with Gasteiger partial charge in [0.2, 0.25) is 6.10 Å². The second-order valence-electron chi connectivity index (χ2n) is 6.05. The van der Waals surface area contributed by atoms with Crippen LogP contribution < -0.4 is 4.74 Å². The van der Waals surface area contributed by atoms with Gasteiger partial charge in [0.1, 0.15) is 5.75 Å². The van der Waals surface area contributed by atoms with Crippen LogP contribution in [0.5, 0.6) is 5.75 Å². The van der Waals surface area contributed by atoms with Crippen LogP contribution in [0.15, 0.2) is 17.7 Å². The third-order valence-electron chi connectivity index (χ3n) is 3.25. The van der Waals surface area contributed by atoms with Crippen molar-refractivity contribution in [2.75, 3.05) is 0 Å². The van der Waals surface area contributed by atoms with Crippen LogP contribution in [0.4, 0.5) is 13.2 Å². The van der Waals surface area contributed by atoms with E-state index in [1.165, 1.54) is 13.0 Å². The molecule has 1 heterocycles. The standard InChI is InChI=1S/C15H16ClF3O/c1-8-5-9-6-11(16)10(14(2,3)4)7-12(9)20-13(8)15(17,18)19/h5-7,13H,1-4H3. The first-order valence-electron chi connectivity index (χ1n) is 6.26. The van der Waals surface area contributed by atoms with Crippen LogP contribution in [-0.2, 0) is 5.41 Å². The molecule has 0 bridgehead atoms. The van der Waals surface area contributed by atoms with Crippen LogP contribution in [0.3, 0.4) is 0 Å². The third kappa shape index (κ3) is 2.80. The van der Waals surface area contributed by atoms with E-state index in [1.54, 1.807) is 12.1 Å². The molecular weight excluding hydrogens is 289 g/mol. The first-order valence-corrected chi connectivity index (χ1v) is 6.63. The molecule has 1 nitrogen and oxygen atoms in total. The summed E-state index contributed by atoms with van der Waals surface area (Å²) in [6.07, 6.45) is -4.82. The van der Waals surface area contributed by atoms with Gasteiger partial charge in [0.05, 0.1) is 0 Å². The highest BCUT2D eigenvalue weighted by Gasteiger charge is 2.44. The van der Waals surface area contributed by atoms with Gasteiger partial charge in [-0.25, -0.2) is 0 Å². The number of halogens is 4. The largest absolute Gasteiger partial charge is 0.476 e. The lowest BCUT2D eigenvalue weighted by Gasteiger charge is -2.29. The third-order valence-corrected chi connectivity index (χ3v) is 3.56. The van der Waals surface area contributed by atoms with Crippen molar-refractivity contribution in [1.82, 2.24) is 0 Å². The SMILES string of the molecule is CC1=Cc2cc(Cl)c(C(C)(C)C)cc2OC1C(F)(F)F. The van der Waals surface area contributed by atoms with E-state index < -0.39 is 12.3 Å². The molecule has 0 aromatic heterocycles. The van der Waals surface area contributed by atoms with E-state index in [-0.39, 0.29) is 16.7 Å². The number of rotatable bonds is 0. The Kier molecular flexibility index (Phi) is 3.57. The molecule has 0 N–H and O–H groups in total. The zero-order chi connectivity index (χ0) is 15.3. The Balaban J connectivity index is 2.52. The molecule has 0 aliphatic carbocycles. The molecule has 0 amide bonds. The van der Waals surface area contributed by atoms with Crippen LogP contribution in [0, 0.1) is 0 Å². The van der Waals surface area contributed by atoms with Gasteiger partial charge in [0.15, 0.2) is 0 Å². The van der Waals surface area contributed by atoms with Crippen LogP contribution in [0.2, 0.25) is 5.02 Å². The van der Waals surface area contributed by atoms with Crippen LogP contribution in [-0.4, -0.2) is 12.3 Å². The van der Waals surface area contributed by atoms with Crippen LogP contribution in [0.25, 0.3) is 6.08 Å². The topological polar surface area (TPSA) is 9.23 Å². The van der Waals surface area contributed by atoms with Crippen LogP contribution in [0.1, 0.15) is 38.8 Å². The second-order valence-corrected chi connectivity index (χ2v) is 6.45. The fraction of sp³-hybridized carbons (Fsp3) is 0.467. The minimum Gasteiger partial charge on any atom is -0.476 e. The Hall–Kier alpha value is -1.16. The summed E-state index contributed by atoms with van der Waals surface area (Å²) in [4.78, 5) is 0. The van der Waals surface area contributed by atoms with Gasteiger partial charge in [-0.3, -0.25) is 0 Å². The Morgan fingerprint density at radius 2 is 1.75 bits per heavy atom. The summed E-state index contributed by atoms with van der Waals surface area (Å²) >= 11 is 6.21. The Morgan fingerprint density at radius 3 is 2.25 bits per heavy atom. The maximum Gasteiger partial charge on any atom is 0.429 e. The van der Waals surface area contributed by atoms with Crippen molar-refractivity contribution >= 4 is 17.7 Å². The average Bonchev–Trinajstić information content (AvgIpc) is 2.24. The number of hydrogen-bond acceptors (Lipinski definition) is 1. The summed E-state index contributed by atoms with van der Waals surface area (Å²) < 4.78 is 43.9. The van der Waals surface area contributed by atoms with E-state index in [0.29, 0.717) is 10.6 Å². The zero-order valence-electron chi connectivity index (χ0n) is 11.7. The summed E-state index contributed by atoms with van der Waals surface area (Å²) in [5, 5.41) is 0.536. The Bertz CT molecular complexity index is 568. The lowest BCUT2D eigenvalue weighted by molar-refractivity contribution is -0.183. The molecule has 1 aliphatic rings. The lowest BCUT2D eigenvalue weighted by Crippen LogP contribution is -2.37. The molecule has 0 radical (unpaired) electrons. The predicted octanol–water partition coefficient (Wildman–Crippen LogP) is 5.36. The van der Waals surface area contributed by atoms with Gasteiger partial charge >= 0.3 is 6.18 Å². The molecule has 1 aromatic carbocycles. The first kappa shape index (κ1) is 15.2. The Labute approximate surface area is 121 Å². The number of benzene rings is 1. The van der Waals surface area contributed by atoms with Gasteiger partial charge in [-0.1, -0.05) is 32.4 Å². The molecule has 0 saturated carbocycles. The van der Waals surface area contributed by atoms with Crippen molar-refractivity contribution in [1.29, 1.82) is 0 Å². The number of hydrogen-bond donors (Lipinski definition) is 0. The van der Waals surface area contributed by atoms with Crippen molar-refractivity contribution in [2.45, 2.75) is 45.4 Å². The predicted molar refractivity (Wildman–Crippen MR) is 74.3 cm³/mol. The lowest BCUT2D eigenvalue weighted by atomic mass is 9.85. The molecule has 5 heteroatoms. The van der Waals surface area contributed by atoms with Gasteiger partial charge < -0.3 is 4.74 Å². The normalized spacial score (nSPS) is 19.2. The average molecular weight is 305 g/mol. The molecule has 1 atom stereocenters. The van der Waals surface area contributed by atoms with Crippen molar-refractivity contribution in [2.24, 2.45) is 0 Å². The summed E-state index contributed by atoms with van der Waals surface area (Å²) in [5.74, 6) is 0.229. The van der Waals surface area contributed by atoms with Crippen molar-refractivity contribution in [3.63, 3.8) is 0 Å². The maximum atomic E-state index is 12.9. The van der Waals surface area contributed by atoms with Gasteiger partial charge in [-0.05, 0) is 41.7 Å². The van der Waals surface area contributed by atoms with Crippen molar-refractivity contribution in [3.8, 4) is 5.75 Å². The van der Waals surface area contributed by atoms with Gasteiger partial charge in [-0.2, -0.15) is 13.2 Å². The summed E-state index contributed by atoms with van der Waals surface area (Å²) in [6, 6.07) is 3.27. The maximum absolute atomic E-state index is 12.9. The van der Waals surface area contributed by atoms with Crippen LogP contribution >= 0.6 is 11.6 Å². The molecule has 1 aromatic rings. The van der Waals surface area contributed by atoms with Gasteiger partial charge in [0, 0.05) is 10.6 Å². The van der Waals surface area contributed by atoms with Crippen molar-refractivity contribution in [3.05, 3.63) is 33.9 Å². The monoisotopic (exact) mass is 304 g/mol. The second kappa shape index (κ2) is 4.69. The van der Waals surface area contributed by atoms with E-state index in [4.69, 9.17) is 16.3 Å². The minimum absolute atomic E-state index is 0.129. The van der Waals surface area contributed by atoms with E-state index in [2.05, 4.69) is 0 Å². The highest BCUT2D eigenvalue weighted by atomic mass is 35.5. The number of ether oxygens (including phenoxy) is 1. The molecule has 20 heavy (non-hydrogen) atoms. The molecule has 0 saturated heterocycles. The number of alkyl halides is 3. The molecular formula is C15H16ClF3O. The van der Waals surface area contributed by atoms with E-state index in [9.17, 15) is 13.2 Å². The van der Waals surface area contributed by atoms with E-state index >= 15 is 0 Å². The summed E-state index contributed by atoms with van der Waals surface area (Å²) in [5.41, 5.74) is 1.22. The van der Waals surface area contributed by atoms with Gasteiger partial charge in [0.25, 0.3) is 0 Å². The first-order chi connectivity index (χ1) is 9.00. The fourth-order valence-electron chi connectivity index (χ4n) is 2.22. The van der Waals surface area contributed by atoms with Gasteiger partial charge in [-0.15, -0.1) is 0 Å². The Morgan fingerprint density at radius 1 is 1.15 bits per heavy atom. The highest BCUT2D eigenvalue weighted by molar-refractivity contribution is 6.31. The summed E-state index contributed by atoms with van der Waals surface area (Å²) in [6.45, 7) is 7.26. The molecule has 1 aliphatic heterocycles. The van der Waals surface area contributed by atoms with E-state index in [0.717, 1.165) is 5.56 Å². The van der Waals surface area contributed by atoms with Crippen molar-refractivity contribution < 1.29 is 17.9 Å². The quantitative estimate of drug-likeness (QED) is 0.626. The zero-order valence-corrected chi connectivity index (χ0v) is 12.5. The fourth-order valence-corrected chi connectivity index (χ4v) is 2.68. The molecule has 110 valence electrons. The molecule has 0 fully saturated rings. The number of fused-ring (bicyclic) bond motifs is 1. The minimum atomic E-state index is -4.42.